The Balaban J connectivity index is 1.53. The summed E-state index contributed by atoms with van der Waals surface area (Å²) in [5.74, 6) is -2.84. The van der Waals surface area contributed by atoms with Crippen LogP contribution in [0.4, 0.5) is 11.4 Å². The fourth-order valence-electron chi connectivity index (χ4n) is 5.96. The van der Waals surface area contributed by atoms with Gasteiger partial charge in [-0.25, -0.2) is 0 Å². The highest BCUT2D eigenvalue weighted by molar-refractivity contribution is 9.09. The maximum Gasteiger partial charge on any atom is 0.250 e. The lowest BCUT2D eigenvalue weighted by atomic mass is 9.70. The molecule has 10 heteroatoms. The first kappa shape index (κ1) is 25.2. The fourth-order valence-corrected chi connectivity index (χ4v) is 7.17. The van der Waals surface area contributed by atoms with Crippen molar-refractivity contribution in [1.29, 1.82) is 0 Å². The van der Waals surface area contributed by atoms with Gasteiger partial charge in [0, 0.05) is 10.5 Å². The van der Waals surface area contributed by atoms with E-state index in [-0.39, 0.29) is 23.2 Å². The normalized spacial score (nSPS) is 31.3. The molecule has 0 radical (unpaired) electrons. The Morgan fingerprint density at radius 3 is 2.58 bits per heavy atom. The van der Waals surface area contributed by atoms with Crippen LogP contribution in [0, 0.1) is 18.8 Å². The van der Waals surface area contributed by atoms with E-state index in [9.17, 15) is 19.5 Å². The van der Waals surface area contributed by atoms with Gasteiger partial charge in [-0.2, -0.15) is 0 Å². The molecule has 1 spiro atoms. The van der Waals surface area contributed by atoms with Gasteiger partial charge in [-0.05, 0) is 44.0 Å². The number of hydrogen-bond donors (Lipinski definition) is 3. The first-order chi connectivity index (χ1) is 17.2. The number of nitrogens with one attached hydrogen (secondary N) is 2. The lowest BCUT2D eigenvalue weighted by Gasteiger charge is -2.36. The number of rotatable bonds is 6. The Hall–Kier alpha value is -2.46. The molecule has 3 saturated heterocycles. The summed E-state index contributed by atoms with van der Waals surface area (Å²) >= 11 is 10.0. The van der Waals surface area contributed by atoms with Crippen LogP contribution in [0.1, 0.15) is 18.9 Å². The molecular formula is C26H27BrClN3O5. The van der Waals surface area contributed by atoms with E-state index in [0.717, 1.165) is 5.56 Å². The van der Waals surface area contributed by atoms with Gasteiger partial charge in [-0.3, -0.25) is 14.4 Å². The van der Waals surface area contributed by atoms with Crippen LogP contribution in [0.25, 0.3) is 0 Å². The van der Waals surface area contributed by atoms with Gasteiger partial charge < -0.3 is 25.4 Å². The van der Waals surface area contributed by atoms with E-state index in [0.29, 0.717) is 22.8 Å². The number of aliphatic hydroxyl groups is 1. The molecule has 0 aliphatic carbocycles. The first-order valence-corrected chi connectivity index (χ1v) is 13.2. The number of carbonyl (C=O) groups excluding carboxylic acids is 3. The molecule has 3 amide bonds. The molecule has 2 bridgehead atoms. The van der Waals surface area contributed by atoms with Gasteiger partial charge in [-0.1, -0.05) is 57.9 Å². The van der Waals surface area contributed by atoms with Gasteiger partial charge in [0.2, 0.25) is 17.7 Å². The van der Waals surface area contributed by atoms with E-state index in [1.54, 1.807) is 31.2 Å². The third-order valence-electron chi connectivity index (χ3n) is 7.53. The lowest BCUT2D eigenvalue weighted by molar-refractivity contribution is -0.142. The number of benzene rings is 2. The Labute approximate surface area is 222 Å². The van der Waals surface area contributed by atoms with Crippen molar-refractivity contribution in [1.82, 2.24) is 4.90 Å². The number of aliphatic hydroxyl groups excluding tert-OH is 1. The molecule has 36 heavy (non-hydrogen) atoms. The van der Waals surface area contributed by atoms with E-state index < -0.39 is 41.5 Å². The summed E-state index contributed by atoms with van der Waals surface area (Å²) in [5, 5.41) is 16.1. The number of alkyl halides is 1. The van der Waals surface area contributed by atoms with Crippen LogP contribution < -0.4 is 10.6 Å². The standard InChI is InChI=1S/C26H27BrClN3O5/c1-13-7-6-10-17(28)20(13)30-24(34)22-26-11-16(27)21(36-26)18(19(26)25(35)31(22)14(2)12-32)23(33)29-15-8-4-3-5-9-15/h3-10,14,16,18-19,21-22,32H,11-12H2,1-2H3,(H,29,33)(H,30,34)/t14-,16?,18+,19+,21+,22?,26?/m1/s1. The molecular weight excluding hydrogens is 550 g/mol. The predicted octanol–water partition coefficient (Wildman–Crippen LogP) is 3.35. The second kappa shape index (κ2) is 9.45. The highest BCUT2D eigenvalue weighted by atomic mass is 79.9. The summed E-state index contributed by atoms with van der Waals surface area (Å²) in [4.78, 5) is 42.4. The number of carbonyl (C=O) groups is 3. The van der Waals surface area contributed by atoms with E-state index in [2.05, 4.69) is 26.6 Å². The quantitative estimate of drug-likeness (QED) is 0.457. The second-order valence-electron chi connectivity index (χ2n) is 9.72. The maximum absolute atomic E-state index is 13.9. The number of fused-ring (bicyclic) bond motifs is 1. The molecule has 3 aliphatic rings. The SMILES string of the molecule is Cc1cccc(Cl)c1NC(=O)C1N([C@H](C)CO)C(=O)[C@@H]2[C@H](C(=O)Nc3ccccc3)[C@H]3OC12CC3Br. The Morgan fingerprint density at radius 1 is 1.19 bits per heavy atom. The van der Waals surface area contributed by atoms with Crippen molar-refractivity contribution in [2.24, 2.45) is 11.8 Å². The molecule has 5 rings (SSSR count). The third-order valence-corrected chi connectivity index (χ3v) is 8.69. The number of halogens is 2. The van der Waals surface area contributed by atoms with Crippen molar-refractivity contribution in [2.75, 3.05) is 17.2 Å². The summed E-state index contributed by atoms with van der Waals surface area (Å²) in [6.45, 7) is 3.16. The van der Waals surface area contributed by atoms with Crippen LogP contribution in [0.15, 0.2) is 48.5 Å². The van der Waals surface area contributed by atoms with Crippen LogP contribution in [0.2, 0.25) is 5.02 Å². The average Bonchev–Trinajstić information content (AvgIpc) is 3.45. The van der Waals surface area contributed by atoms with Crippen molar-refractivity contribution in [3.05, 3.63) is 59.1 Å². The zero-order valence-corrected chi connectivity index (χ0v) is 22.1. The van der Waals surface area contributed by atoms with Crippen LogP contribution >= 0.6 is 27.5 Å². The van der Waals surface area contributed by atoms with Gasteiger partial charge in [-0.15, -0.1) is 0 Å². The lowest BCUT2D eigenvalue weighted by Crippen LogP contribution is -2.56. The number of hydrogen-bond acceptors (Lipinski definition) is 5. The van der Waals surface area contributed by atoms with E-state index in [1.165, 1.54) is 4.90 Å². The smallest absolute Gasteiger partial charge is 0.250 e. The molecule has 3 unspecified atom stereocenters. The summed E-state index contributed by atoms with van der Waals surface area (Å²) in [7, 11) is 0. The Kier molecular flexibility index (Phi) is 6.61. The van der Waals surface area contributed by atoms with Crippen molar-refractivity contribution < 1.29 is 24.2 Å². The van der Waals surface area contributed by atoms with Crippen molar-refractivity contribution in [2.45, 2.75) is 48.9 Å². The third kappa shape index (κ3) is 3.84. The van der Waals surface area contributed by atoms with Crippen LogP contribution in [0.5, 0.6) is 0 Å². The molecule has 2 aromatic rings. The first-order valence-electron chi connectivity index (χ1n) is 11.9. The van der Waals surface area contributed by atoms with Crippen molar-refractivity contribution in [3.63, 3.8) is 0 Å². The number of amides is 3. The molecule has 0 saturated carbocycles. The van der Waals surface area contributed by atoms with Crippen LogP contribution in [-0.4, -0.2) is 63.0 Å². The fraction of sp³-hybridized carbons (Fsp3) is 0.423. The summed E-state index contributed by atoms with van der Waals surface area (Å²) < 4.78 is 6.45. The van der Waals surface area contributed by atoms with Gasteiger partial charge in [0.05, 0.1) is 41.3 Å². The van der Waals surface area contributed by atoms with Crippen LogP contribution in [0.3, 0.4) is 0 Å². The number of aryl methyl sites for hydroxylation is 1. The minimum absolute atomic E-state index is 0.227. The van der Waals surface area contributed by atoms with Crippen LogP contribution in [-0.2, 0) is 19.1 Å². The summed E-state index contributed by atoms with van der Waals surface area (Å²) in [6.07, 6.45) is -0.205. The highest BCUT2D eigenvalue weighted by Gasteiger charge is 2.76. The second-order valence-corrected chi connectivity index (χ2v) is 11.3. The Morgan fingerprint density at radius 2 is 1.92 bits per heavy atom. The van der Waals surface area contributed by atoms with Gasteiger partial charge in [0.25, 0.3) is 0 Å². The molecule has 190 valence electrons. The minimum Gasteiger partial charge on any atom is -0.394 e. The molecule has 0 aromatic heterocycles. The zero-order chi connectivity index (χ0) is 25.8. The summed E-state index contributed by atoms with van der Waals surface area (Å²) in [5.41, 5.74) is 0.609. The monoisotopic (exact) mass is 575 g/mol. The number of likely N-dealkylation sites (tertiary alicyclic amines) is 1. The molecule has 3 heterocycles. The molecule has 7 atom stereocenters. The van der Waals surface area contributed by atoms with E-state index in [4.69, 9.17) is 16.3 Å². The maximum atomic E-state index is 13.9. The molecule has 3 N–H and O–H groups in total. The molecule has 8 nitrogen and oxygen atoms in total. The predicted molar refractivity (Wildman–Crippen MR) is 139 cm³/mol. The number of nitrogens with zero attached hydrogens (tertiary/aromatic N) is 1. The number of para-hydroxylation sites is 2. The zero-order valence-electron chi connectivity index (χ0n) is 19.8. The molecule has 3 aliphatic heterocycles. The average molecular weight is 577 g/mol. The highest BCUT2D eigenvalue weighted by Crippen LogP contribution is 2.60. The minimum atomic E-state index is -1.22. The topological polar surface area (TPSA) is 108 Å². The number of anilines is 2. The molecule has 3 fully saturated rings. The van der Waals surface area contributed by atoms with Crippen molar-refractivity contribution >= 4 is 56.6 Å². The Bertz CT molecular complexity index is 1190. The van der Waals surface area contributed by atoms with Gasteiger partial charge in [0.1, 0.15) is 11.6 Å². The van der Waals surface area contributed by atoms with Gasteiger partial charge >= 0.3 is 0 Å². The largest absolute Gasteiger partial charge is 0.394 e. The summed E-state index contributed by atoms with van der Waals surface area (Å²) in [6, 6.07) is 12.6. The van der Waals surface area contributed by atoms with E-state index in [1.807, 2.05) is 31.2 Å². The van der Waals surface area contributed by atoms with Gasteiger partial charge in [0.15, 0.2) is 0 Å². The van der Waals surface area contributed by atoms with Crippen molar-refractivity contribution in [3.8, 4) is 0 Å². The number of ether oxygens (including phenoxy) is 1. The molecule has 2 aromatic carbocycles. The van der Waals surface area contributed by atoms with E-state index >= 15 is 0 Å².